The Morgan fingerprint density at radius 1 is 1.33 bits per heavy atom. The molecule has 0 spiro atoms. The molecule has 18 heavy (non-hydrogen) atoms. The molecule has 0 aromatic carbocycles. The summed E-state index contributed by atoms with van der Waals surface area (Å²) in [5.74, 6) is 0.852. The number of likely N-dealkylation sites (N-methyl/N-ethyl adjacent to an activating group) is 1. The van der Waals surface area contributed by atoms with E-state index in [-0.39, 0.29) is 0 Å². The molecular formula is C13H23N3O2. The standard InChI is InChI=1S/C13H23N3O2/c1-11-8-13(17-3)9-12(15-11)10-16(2)5-7-18-6-4-14/h8-9H,4-7,10,14H2,1-3H3. The Morgan fingerprint density at radius 2 is 2.11 bits per heavy atom. The van der Waals surface area contributed by atoms with Gasteiger partial charge in [-0.2, -0.15) is 0 Å². The van der Waals surface area contributed by atoms with E-state index in [1.807, 2.05) is 26.1 Å². The van der Waals surface area contributed by atoms with Crippen LogP contribution in [0.2, 0.25) is 0 Å². The number of hydrogen-bond acceptors (Lipinski definition) is 5. The summed E-state index contributed by atoms with van der Waals surface area (Å²) >= 11 is 0. The van der Waals surface area contributed by atoms with Crippen LogP contribution in [0.3, 0.4) is 0 Å². The number of ether oxygens (including phenoxy) is 2. The lowest BCUT2D eigenvalue weighted by Crippen LogP contribution is -2.24. The molecule has 1 aromatic heterocycles. The molecule has 1 rings (SSSR count). The lowest BCUT2D eigenvalue weighted by atomic mass is 10.3. The Labute approximate surface area is 109 Å². The number of rotatable bonds is 8. The smallest absolute Gasteiger partial charge is 0.122 e. The van der Waals surface area contributed by atoms with E-state index in [2.05, 4.69) is 9.88 Å². The molecule has 0 atom stereocenters. The van der Waals surface area contributed by atoms with Crippen LogP contribution in [0.15, 0.2) is 12.1 Å². The second kappa shape index (κ2) is 8.02. The summed E-state index contributed by atoms with van der Waals surface area (Å²) in [6.07, 6.45) is 0. The van der Waals surface area contributed by atoms with E-state index >= 15 is 0 Å². The van der Waals surface area contributed by atoms with Crippen LogP contribution in [0.25, 0.3) is 0 Å². The van der Waals surface area contributed by atoms with Gasteiger partial charge in [-0.25, -0.2) is 0 Å². The average molecular weight is 253 g/mol. The van der Waals surface area contributed by atoms with E-state index in [1.165, 1.54) is 0 Å². The molecule has 0 radical (unpaired) electrons. The van der Waals surface area contributed by atoms with Gasteiger partial charge in [0, 0.05) is 37.5 Å². The quantitative estimate of drug-likeness (QED) is 0.695. The second-order valence-corrected chi connectivity index (χ2v) is 4.28. The lowest BCUT2D eigenvalue weighted by molar-refractivity contribution is 0.115. The predicted molar refractivity (Wildman–Crippen MR) is 71.7 cm³/mol. The first-order chi connectivity index (χ1) is 8.65. The van der Waals surface area contributed by atoms with Gasteiger partial charge in [-0.3, -0.25) is 9.88 Å². The summed E-state index contributed by atoms with van der Waals surface area (Å²) in [5.41, 5.74) is 7.33. The minimum absolute atomic E-state index is 0.570. The van der Waals surface area contributed by atoms with Gasteiger partial charge in [0.25, 0.3) is 0 Å². The number of aryl methyl sites for hydroxylation is 1. The van der Waals surface area contributed by atoms with Crippen LogP contribution >= 0.6 is 0 Å². The maximum Gasteiger partial charge on any atom is 0.122 e. The summed E-state index contributed by atoms with van der Waals surface area (Å²) < 4.78 is 10.6. The number of nitrogens with two attached hydrogens (primary N) is 1. The first-order valence-electron chi connectivity index (χ1n) is 6.13. The van der Waals surface area contributed by atoms with E-state index in [1.54, 1.807) is 7.11 Å². The van der Waals surface area contributed by atoms with Gasteiger partial charge in [-0.15, -0.1) is 0 Å². The van der Waals surface area contributed by atoms with Gasteiger partial charge >= 0.3 is 0 Å². The molecule has 0 bridgehead atoms. The van der Waals surface area contributed by atoms with E-state index in [0.717, 1.165) is 30.2 Å². The van der Waals surface area contributed by atoms with E-state index in [9.17, 15) is 0 Å². The van der Waals surface area contributed by atoms with Gasteiger partial charge in [0.1, 0.15) is 5.75 Å². The van der Waals surface area contributed by atoms with Crippen LogP contribution in [-0.2, 0) is 11.3 Å². The van der Waals surface area contributed by atoms with Crippen molar-refractivity contribution >= 4 is 0 Å². The lowest BCUT2D eigenvalue weighted by Gasteiger charge is -2.16. The molecular weight excluding hydrogens is 230 g/mol. The molecule has 0 aliphatic carbocycles. The fraction of sp³-hybridized carbons (Fsp3) is 0.615. The molecule has 5 heteroatoms. The Morgan fingerprint density at radius 3 is 2.78 bits per heavy atom. The topological polar surface area (TPSA) is 60.6 Å². The Balaban J connectivity index is 2.43. The van der Waals surface area contributed by atoms with Gasteiger partial charge in [-0.05, 0) is 14.0 Å². The summed E-state index contributed by atoms with van der Waals surface area (Å²) in [6.45, 7) is 5.49. The van der Waals surface area contributed by atoms with Crippen LogP contribution in [0, 0.1) is 6.92 Å². The van der Waals surface area contributed by atoms with Crippen molar-refractivity contribution in [3.05, 3.63) is 23.5 Å². The molecule has 1 aromatic rings. The molecule has 0 aliphatic heterocycles. The van der Waals surface area contributed by atoms with Crippen LogP contribution in [-0.4, -0.2) is 50.3 Å². The third kappa shape index (κ3) is 5.44. The molecule has 102 valence electrons. The van der Waals surface area contributed by atoms with Crippen LogP contribution in [0.4, 0.5) is 0 Å². The number of nitrogens with zero attached hydrogens (tertiary/aromatic N) is 2. The highest BCUT2D eigenvalue weighted by molar-refractivity contribution is 5.26. The van der Waals surface area contributed by atoms with Crippen molar-refractivity contribution in [2.45, 2.75) is 13.5 Å². The molecule has 0 amide bonds. The molecule has 5 nitrogen and oxygen atoms in total. The highest BCUT2D eigenvalue weighted by Crippen LogP contribution is 2.14. The number of aromatic nitrogens is 1. The Bertz CT molecular complexity index is 358. The van der Waals surface area contributed by atoms with Crippen molar-refractivity contribution in [1.29, 1.82) is 0 Å². The predicted octanol–water partition coefficient (Wildman–Crippen LogP) is 0.806. The van der Waals surface area contributed by atoms with Gasteiger partial charge in [0.2, 0.25) is 0 Å². The second-order valence-electron chi connectivity index (χ2n) is 4.28. The maximum atomic E-state index is 5.36. The third-order valence-corrected chi connectivity index (χ3v) is 2.53. The van der Waals surface area contributed by atoms with E-state index < -0.39 is 0 Å². The maximum absolute atomic E-state index is 5.36. The first-order valence-corrected chi connectivity index (χ1v) is 6.13. The highest BCUT2D eigenvalue weighted by atomic mass is 16.5. The van der Waals surface area contributed by atoms with Crippen molar-refractivity contribution in [3.63, 3.8) is 0 Å². The fourth-order valence-electron chi connectivity index (χ4n) is 1.66. The van der Waals surface area contributed by atoms with E-state index in [0.29, 0.717) is 19.8 Å². The first kappa shape index (κ1) is 14.9. The molecule has 0 fully saturated rings. The number of methoxy groups -OCH3 is 1. The Kier molecular flexibility index (Phi) is 6.64. The minimum atomic E-state index is 0.570. The van der Waals surface area contributed by atoms with Gasteiger partial charge < -0.3 is 15.2 Å². The molecule has 0 unspecified atom stereocenters. The van der Waals surface area contributed by atoms with Crippen molar-refractivity contribution in [1.82, 2.24) is 9.88 Å². The largest absolute Gasteiger partial charge is 0.497 e. The minimum Gasteiger partial charge on any atom is -0.497 e. The average Bonchev–Trinajstić information content (AvgIpc) is 2.34. The monoisotopic (exact) mass is 253 g/mol. The zero-order chi connectivity index (χ0) is 13.4. The van der Waals surface area contributed by atoms with Crippen molar-refractivity contribution in [2.75, 3.05) is 40.5 Å². The summed E-state index contributed by atoms with van der Waals surface area (Å²) in [7, 11) is 3.71. The van der Waals surface area contributed by atoms with Crippen molar-refractivity contribution < 1.29 is 9.47 Å². The molecule has 1 heterocycles. The molecule has 0 aliphatic rings. The van der Waals surface area contributed by atoms with Crippen molar-refractivity contribution in [2.24, 2.45) is 5.73 Å². The number of hydrogen-bond donors (Lipinski definition) is 1. The van der Waals surface area contributed by atoms with Gasteiger partial charge in [-0.1, -0.05) is 0 Å². The molecule has 0 saturated heterocycles. The van der Waals surface area contributed by atoms with Crippen molar-refractivity contribution in [3.8, 4) is 5.75 Å². The van der Waals surface area contributed by atoms with E-state index in [4.69, 9.17) is 15.2 Å². The Hall–Kier alpha value is -1.17. The molecule has 0 saturated carbocycles. The fourth-order valence-corrected chi connectivity index (χ4v) is 1.66. The number of pyridine rings is 1. The molecule has 2 N–H and O–H groups in total. The SMILES string of the molecule is COc1cc(C)nc(CN(C)CCOCCN)c1. The zero-order valence-corrected chi connectivity index (χ0v) is 11.5. The van der Waals surface area contributed by atoms with Crippen LogP contribution < -0.4 is 10.5 Å². The van der Waals surface area contributed by atoms with Gasteiger partial charge in [0.15, 0.2) is 0 Å². The summed E-state index contributed by atoms with van der Waals surface area (Å²) in [4.78, 5) is 6.65. The zero-order valence-electron chi connectivity index (χ0n) is 11.5. The van der Waals surface area contributed by atoms with Crippen LogP contribution in [0.1, 0.15) is 11.4 Å². The summed E-state index contributed by atoms with van der Waals surface area (Å²) in [6, 6.07) is 3.89. The third-order valence-electron chi connectivity index (χ3n) is 2.53. The normalized spacial score (nSPS) is 10.9. The van der Waals surface area contributed by atoms with Gasteiger partial charge in [0.05, 0.1) is 26.0 Å². The van der Waals surface area contributed by atoms with Crippen LogP contribution in [0.5, 0.6) is 5.75 Å². The highest BCUT2D eigenvalue weighted by Gasteiger charge is 2.04. The summed E-state index contributed by atoms with van der Waals surface area (Å²) in [5, 5.41) is 0.